The Bertz CT molecular complexity index is 1360. The number of carboxylic acids is 1. The van der Waals surface area contributed by atoms with Gasteiger partial charge >= 0.3 is 5.97 Å². The number of aliphatic carboxylic acids is 1. The predicted octanol–water partition coefficient (Wildman–Crippen LogP) is 4.72. The minimum Gasteiger partial charge on any atom is -0.481 e. The van der Waals surface area contributed by atoms with Gasteiger partial charge in [-0.05, 0) is 35.9 Å². The zero-order valence-corrected chi connectivity index (χ0v) is 19.1. The van der Waals surface area contributed by atoms with Gasteiger partial charge in [0.1, 0.15) is 5.82 Å². The first-order valence-corrected chi connectivity index (χ1v) is 11.1. The van der Waals surface area contributed by atoms with Crippen molar-refractivity contribution in [1.82, 2.24) is 15.1 Å². The van der Waals surface area contributed by atoms with Gasteiger partial charge in [-0.25, -0.2) is 4.68 Å². The molecule has 4 aromatic rings. The number of anilines is 1. The van der Waals surface area contributed by atoms with E-state index in [4.69, 9.17) is 11.6 Å². The molecule has 176 valence electrons. The molecule has 35 heavy (non-hydrogen) atoms. The van der Waals surface area contributed by atoms with Crippen LogP contribution in [0.2, 0.25) is 5.02 Å². The molecule has 0 saturated heterocycles. The zero-order valence-electron chi connectivity index (χ0n) is 18.4. The van der Waals surface area contributed by atoms with Crippen LogP contribution in [-0.4, -0.2) is 32.7 Å². The third-order valence-corrected chi connectivity index (χ3v) is 5.53. The van der Waals surface area contributed by atoms with Crippen LogP contribution in [0.1, 0.15) is 38.9 Å². The minimum absolute atomic E-state index is 0.000318. The second kappa shape index (κ2) is 10.7. The van der Waals surface area contributed by atoms with E-state index < -0.39 is 17.9 Å². The number of carbonyl (C=O) groups is 3. The Balaban J connectivity index is 1.66. The highest BCUT2D eigenvalue weighted by atomic mass is 35.5. The van der Waals surface area contributed by atoms with Crippen LogP contribution in [0, 0.1) is 0 Å². The molecule has 1 atom stereocenters. The van der Waals surface area contributed by atoms with Gasteiger partial charge < -0.3 is 15.7 Å². The largest absolute Gasteiger partial charge is 0.481 e. The molecule has 8 nitrogen and oxygen atoms in total. The first-order valence-electron chi connectivity index (χ1n) is 10.7. The normalized spacial score (nSPS) is 11.5. The summed E-state index contributed by atoms with van der Waals surface area (Å²) in [6.45, 7) is 0. The molecule has 3 aromatic carbocycles. The van der Waals surface area contributed by atoms with Crippen LogP contribution in [0.3, 0.4) is 0 Å². The summed E-state index contributed by atoms with van der Waals surface area (Å²) < 4.78 is 1.44. The number of para-hydroxylation sites is 1. The molecular formula is C26H21ClN4O4. The third kappa shape index (κ3) is 5.74. The Labute approximate surface area is 206 Å². The van der Waals surface area contributed by atoms with Gasteiger partial charge in [0.25, 0.3) is 11.8 Å². The number of carbonyl (C=O) groups excluding carboxylic acids is 2. The fraction of sp³-hybridized carbons (Fsp3) is 0.0769. The van der Waals surface area contributed by atoms with E-state index in [-0.39, 0.29) is 23.8 Å². The number of nitrogens with zero attached hydrogens (tertiary/aromatic N) is 2. The van der Waals surface area contributed by atoms with Gasteiger partial charge in [0.15, 0.2) is 5.69 Å². The van der Waals surface area contributed by atoms with Gasteiger partial charge in [-0.15, -0.1) is 0 Å². The van der Waals surface area contributed by atoms with Gasteiger partial charge in [0.05, 0.1) is 18.2 Å². The van der Waals surface area contributed by atoms with E-state index in [9.17, 15) is 19.5 Å². The quantitative estimate of drug-likeness (QED) is 0.332. The second-order valence-electron chi connectivity index (χ2n) is 7.63. The summed E-state index contributed by atoms with van der Waals surface area (Å²) in [5.41, 5.74) is 1.55. The number of hydrogen-bond donors (Lipinski definition) is 3. The summed E-state index contributed by atoms with van der Waals surface area (Å²) in [4.78, 5) is 37.4. The monoisotopic (exact) mass is 488 g/mol. The van der Waals surface area contributed by atoms with Crippen LogP contribution in [0.5, 0.6) is 0 Å². The van der Waals surface area contributed by atoms with E-state index in [2.05, 4.69) is 15.7 Å². The van der Waals surface area contributed by atoms with Gasteiger partial charge in [0, 0.05) is 16.7 Å². The number of benzene rings is 3. The van der Waals surface area contributed by atoms with Crippen molar-refractivity contribution in [3.05, 3.63) is 113 Å². The topological polar surface area (TPSA) is 113 Å². The van der Waals surface area contributed by atoms with E-state index in [1.807, 2.05) is 6.07 Å². The Kier molecular flexibility index (Phi) is 7.23. The van der Waals surface area contributed by atoms with Crippen molar-refractivity contribution in [1.29, 1.82) is 0 Å². The maximum atomic E-state index is 13.1. The van der Waals surface area contributed by atoms with Crippen LogP contribution < -0.4 is 10.6 Å². The molecule has 1 aromatic heterocycles. The number of aromatic nitrogens is 2. The molecule has 0 spiro atoms. The number of nitrogens with one attached hydrogen (secondary N) is 2. The van der Waals surface area contributed by atoms with Crippen LogP contribution in [0.4, 0.5) is 5.82 Å². The van der Waals surface area contributed by atoms with Crippen LogP contribution in [-0.2, 0) is 4.79 Å². The van der Waals surface area contributed by atoms with E-state index in [0.717, 1.165) is 0 Å². The van der Waals surface area contributed by atoms with E-state index >= 15 is 0 Å². The van der Waals surface area contributed by atoms with Crippen LogP contribution in [0.25, 0.3) is 5.69 Å². The maximum Gasteiger partial charge on any atom is 0.305 e. The lowest BCUT2D eigenvalue weighted by Gasteiger charge is -2.18. The first-order chi connectivity index (χ1) is 16.9. The number of hydrogen-bond acceptors (Lipinski definition) is 4. The minimum atomic E-state index is -1.10. The Hall–Kier alpha value is -4.43. The zero-order chi connectivity index (χ0) is 24.8. The van der Waals surface area contributed by atoms with Crippen molar-refractivity contribution in [3.8, 4) is 5.69 Å². The standard InChI is InChI=1S/C26H21ClN4O4/c27-20-14-8-7-13-19(20)21(16-24(32)33)28-26(35)22-15-23(29-25(34)17-9-3-1-4-10-17)31(30-22)18-11-5-2-6-12-18/h1-15,21H,16H2,(H,28,35)(H,29,34)(H,32,33). The third-order valence-electron chi connectivity index (χ3n) is 5.19. The van der Waals surface area contributed by atoms with Gasteiger partial charge in [-0.1, -0.05) is 66.2 Å². The van der Waals surface area contributed by atoms with Crippen LogP contribution >= 0.6 is 11.6 Å². The van der Waals surface area contributed by atoms with Crippen molar-refractivity contribution >= 4 is 35.2 Å². The molecule has 0 aliphatic heterocycles. The van der Waals surface area contributed by atoms with Crippen molar-refractivity contribution in [2.24, 2.45) is 0 Å². The number of carboxylic acid groups (broad SMARTS) is 1. The highest BCUT2D eigenvalue weighted by molar-refractivity contribution is 6.31. The molecule has 2 amide bonds. The molecule has 0 radical (unpaired) electrons. The summed E-state index contributed by atoms with van der Waals surface area (Å²) in [6, 6.07) is 24.9. The molecule has 0 bridgehead atoms. The van der Waals surface area contributed by atoms with Crippen molar-refractivity contribution in [2.45, 2.75) is 12.5 Å². The lowest BCUT2D eigenvalue weighted by atomic mass is 10.0. The van der Waals surface area contributed by atoms with Crippen molar-refractivity contribution in [2.75, 3.05) is 5.32 Å². The highest BCUT2D eigenvalue weighted by Crippen LogP contribution is 2.26. The van der Waals surface area contributed by atoms with Crippen LogP contribution in [0.15, 0.2) is 91.0 Å². The van der Waals surface area contributed by atoms with Crippen molar-refractivity contribution < 1.29 is 19.5 Å². The molecule has 0 saturated carbocycles. The summed E-state index contributed by atoms with van der Waals surface area (Å²) in [5.74, 6) is -1.79. The fourth-order valence-electron chi connectivity index (χ4n) is 3.53. The molecule has 1 heterocycles. The molecule has 0 fully saturated rings. The molecule has 0 aliphatic carbocycles. The Morgan fingerprint density at radius 2 is 1.51 bits per heavy atom. The van der Waals surface area contributed by atoms with Gasteiger partial charge in [0.2, 0.25) is 0 Å². The number of amides is 2. The number of rotatable bonds is 8. The highest BCUT2D eigenvalue weighted by Gasteiger charge is 2.24. The molecule has 4 rings (SSSR count). The van der Waals surface area contributed by atoms with Gasteiger partial charge in [-0.2, -0.15) is 5.10 Å². The molecule has 0 aliphatic rings. The van der Waals surface area contributed by atoms with Gasteiger partial charge in [-0.3, -0.25) is 14.4 Å². The summed E-state index contributed by atoms with van der Waals surface area (Å²) >= 11 is 6.25. The fourth-order valence-corrected chi connectivity index (χ4v) is 3.80. The van der Waals surface area contributed by atoms with E-state index in [1.54, 1.807) is 78.9 Å². The summed E-state index contributed by atoms with van der Waals surface area (Å²) in [5, 5.41) is 19.6. The molecule has 1 unspecified atom stereocenters. The summed E-state index contributed by atoms with van der Waals surface area (Å²) in [7, 11) is 0. The molecule has 3 N–H and O–H groups in total. The van der Waals surface area contributed by atoms with Crippen molar-refractivity contribution in [3.63, 3.8) is 0 Å². The average molecular weight is 489 g/mol. The first kappa shape index (κ1) is 23.7. The Morgan fingerprint density at radius 3 is 2.17 bits per heavy atom. The van der Waals surface area contributed by atoms with E-state index in [1.165, 1.54) is 10.7 Å². The SMILES string of the molecule is O=C(O)CC(NC(=O)c1cc(NC(=O)c2ccccc2)n(-c2ccccc2)n1)c1ccccc1Cl. The molecule has 9 heteroatoms. The second-order valence-corrected chi connectivity index (χ2v) is 8.03. The smallest absolute Gasteiger partial charge is 0.305 e. The van der Waals surface area contributed by atoms with E-state index in [0.29, 0.717) is 21.8 Å². The maximum absolute atomic E-state index is 13.1. The average Bonchev–Trinajstić information content (AvgIpc) is 3.28. The summed E-state index contributed by atoms with van der Waals surface area (Å²) in [6.07, 6.45) is -0.369. The predicted molar refractivity (Wildman–Crippen MR) is 132 cm³/mol. The molecular weight excluding hydrogens is 468 g/mol. The lowest BCUT2D eigenvalue weighted by molar-refractivity contribution is -0.137. The Morgan fingerprint density at radius 1 is 0.886 bits per heavy atom. The lowest BCUT2D eigenvalue weighted by Crippen LogP contribution is -2.30. The number of halogens is 1.